The molecule has 2 aromatic rings. The molecule has 0 aliphatic carbocycles. The van der Waals surface area contributed by atoms with E-state index in [0.29, 0.717) is 14.5 Å². The highest BCUT2D eigenvalue weighted by atomic mass is 79.9. The van der Waals surface area contributed by atoms with E-state index in [2.05, 4.69) is 37.0 Å². The van der Waals surface area contributed by atoms with E-state index in [-0.39, 0.29) is 24.5 Å². The number of benzene rings is 2. The van der Waals surface area contributed by atoms with Gasteiger partial charge >= 0.3 is 5.97 Å². The van der Waals surface area contributed by atoms with Gasteiger partial charge in [0.1, 0.15) is 12.4 Å². The summed E-state index contributed by atoms with van der Waals surface area (Å²) in [7, 11) is 0. The second-order valence-corrected chi connectivity index (χ2v) is 6.40. The van der Waals surface area contributed by atoms with E-state index in [1.54, 1.807) is 12.1 Å². The maximum atomic E-state index is 11.3. The van der Waals surface area contributed by atoms with Crippen molar-refractivity contribution < 1.29 is 19.8 Å². The SMILES string of the molecule is O=C(O)/C(Cc1cc(Br)c(O)c(Br)c1)=N/OCc1ccccc1. The first-order chi connectivity index (χ1) is 11.0. The third kappa shape index (κ3) is 5.07. The number of halogens is 2. The van der Waals surface area contributed by atoms with Gasteiger partial charge in [-0.05, 0) is 55.1 Å². The van der Waals surface area contributed by atoms with E-state index in [0.717, 1.165) is 5.56 Å². The van der Waals surface area contributed by atoms with Crippen LogP contribution in [0.2, 0.25) is 0 Å². The van der Waals surface area contributed by atoms with Crippen LogP contribution >= 0.6 is 31.9 Å². The Balaban J connectivity index is 2.09. The molecule has 0 bridgehead atoms. The number of oxime groups is 1. The molecule has 0 spiro atoms. The second kappa shape index (κ2) is 8.12. The summed E-state index contributed by atoms with van der Waals surface area (Å²) >= 11 is 6.42. The molecule has 23 heavy (non-hydrogen) atoms. The summed E-state index contributed by atoms with van der Waals surface area (Å²) in [5.41, 5.74) is 1.45. The summed E-state index contributed by atoms with van der Waals surface area (Å²) in [4.78, 5) is 16.4. The molecule has 0 heterocycles. The summed E-state index contributed by atoms with van der Waals surface area (Å²) in [6.45, 7) is 0.195. The molecule has 2 rings (SSSR count). The minimum atomic E-state index is -1.15. The van der Waals surface area contributed by atoms with Crippen LogP contribution in [0.5, 0.6) is 5.75 Å². The third-order valence-corrected chi connectivity index (χ3v) is 4.15. The minimum Gasteiger partial charge on any atom is -0.506 e. The number of phenols is 1. The Hall–Kier alpha value is -1.86. The first-order valence-corrected chi connectivity index (χ1v) is 8.19. The molecule has 0 atom stereocenters. The molecule has 120 valence electrons. The largest absolute Gasteiger partial charge is 0.506 e. The molecule has 0 aliphatic rings. The van der Waals surface area contributed by atoms with E-state index in [4.69, 9.17) is 4.84 Å². The molecule has 0 amide bonds. The van der Waals surface area contributed by atoms with Crippen LogP contribution in [0.4, 0.5) is 0 Å². The number of rotatable bonds is 6. The predicted molar refractivity (Wildman–Crippen MR) is 93.5 cm³/mol. The van der Waals surface area contributed by atoms with Crippen LogP contribution in [-0.2, 0) is 22.7 Å². The molecule has 2 aromatic carbocycles. The number of carbonyl (C=O) groups is 1. The standard InChI is InChI=1S/C16H13Br2NO4/c17-12-6-11(7-13(18)15(12)20)8-14(16(21)22)19-23-9-10-4-2-1-3-5-10/h1-7,20H,8-9H2,(H,21,22)/b19-14+. The molecular formula is C16H13Br2NO4. The van der Waals surface area contributed by atoms with Gasteiger partial charge in [0.05, 0.1) is 8.95 Å². The van der Waals surface area contributed by atoms with Crippen LogP contribution in [0.15, 0.2) is 56.6 Å². The third-order valence-electron chi connectivity index (χ3n) is 2.94. The van der Waals surface area contributed by atoms with Gasteiger partial charge in [0.15, 0.2) is 5.71 Å². The van der Waals surface area contributed by atoms with Crippen LogP contribution in [0, 0.1) is 0 Å². The van der Waals surface area contributed by atoms with Crippen molar-refractivity contribution in [2.24, 2.45) is 5.16 Å². The van der Waals surface area contributed by atoms with Gasteiger partial charge in [0.25, 0.3) is 0 Å². The predicted octanol–water partition coefficient (Wildman–Crippen LogP) is 4.12. The van der Waals surface area contributed by atoms with Gasteiger partial charge in [0, 0.05) is 6.42 Å². The monoisotopic (exact) mass is 441 g/mol. The minimum absolute atomic E-state index is 0.0582. The number of nitrogens with zero attached hydrogens (tertiary/aromatic N) is 1. The molecule has 0 aromatic heterocycles. The lowest BCUT2D eigenvalue weighted by Crippen LogP contribution is -2.16. The van der Waals surface area contributed by atoms with E-state index in [9.17, 15) is 15.0 Å². The van der Waals surface area contributed by atoms with Crippen LogP contribution in [-0.4, -0.2) is 21.9 Å². The highest BCUT2D eigenvalue weighted by molar-refractivity contribution is 9.11. The molecule has 7 heteroatoms. The van der Waals surface area contributed by atoms with E-state index in [1.165, 1.54) is 0 Å². The van der Waals surface area contributed by atoms with Crippen LogP contribution < -0.4 is 0 Å². The van der Waals surface area contributed by atoms with Gasteiger partial charge in [0.2, 0.25) is 0 Å². The molecule has 0 unspecified atom stereocenters. The Morgan fingerprint density at radius 3 is 2.26 bits per heavy atom. The molecule has 0 saturated carbocycles. The fourth-order valence-electron chi connectivity index (χ4n) is 1.82. The van der Waals surface area contributed by atoms with E-state index >= 15 is 0 Å². The maximum Gasteiger partial charge on any atom is 0.354 e. The summed E-state index contributed by atoms with van der Waals surface area (Å²) in [6, 6.07) is 12.6. The average molecular weight is 443 g/mol. The summed E-state index contributed by atoms with van der Waals surface area (Å²) in [5.74, 6) is -1.10. The van der Waals surface area contributed by atoms with Gasteiger partial charge in [-0.15, -0.1) is 0 Å². The molecule has 0 fully saturated rings. The highest BCUT2D eigenvalue weighted by Crippen LogP contribution is 2.33. The van der Waals surface area contributed by atoms with E-state index in [1.807, 2.05) is 30.3 Å². The van der Waals surface area contributed by atoms with Crippen molar-refractivity contribution in [1.82, 2.24) is 0 Å². The van der Waals surface area contributed by atoms with Crippen molar-refractivity contribution in [2.75, 3.05) is 0 Å². The van der Waals surface area contributed by atoms with Crippen LogP contribution in [0.1, 0.15) is 11.1 Å². The first kappa shape index (κ1) is 17.5. The zero-order valence-corrected chi connectivity index (χ0v) is 15.0. The molecule has 0 saturated heterocycles. The zero-order chi connectivity index (χ0) is 16.8. The molecule has 0 radical (unpaired) electrons. The maximum absolute atomic E-state index is 11.3. The number of carboxylic acid groups (broad SMARTS) is 1. The Bertz CT molecular complexity index is 709. The van der Waals surface area contributed by atoms with Gasteiger partial charge in [-0.3, -0.25) is 0 Å². The lowest BCUT2D eigenvalue weighted by molar-refractivity contribution is -0.129. The Morgan fingerprint density at radius 1 is 1.09 bits per heavy atom. The Morgan fingerprint density at radius 2 is 1.70 bits per heavy atom. The van der Waals surface area contributed by atoms with Crippen molar-refractivity contribution in [3.8, 4) is 5.75 Å². The highest BCUT2D eigenvalue weighted by Gasteiger charge is 2.14. The van der Waals surface area contributed by atoms with E-state index < -0.39 is 5.97 Å². The van der Waals surface area contributed by atoms with Gasteiger partial charge < -0.3 is 15.1 Å². The Labute approximate surface area is 149 Å². The van der Waals surface area contributed by atoms with Gasteiger partial charge in [-0.1, -0.05) is 35.5 Å². The van der Waals surface area contributed by atoms with Crippen LogP contribution in [0.25, 0.3) is 0 Å². The second-order valence-electron chi connectivity index (χ2n) is 4.69. The molecule has 5 nitrogen and oxygen atoms in total. The summed E-state index contributed by atoms with van der Waals surface area (Å²) in [6.07, 6.45) is 0.0710. The normalized spacial score (nSPS) is 11.3. The number of aliphatic carboxylic acids is 1. The lowest BCUT2D eigenvalue weighted by atomic mass is 10.1. The Kier molecular flexibility index (Phi) is 6.18. The van der Waals surface area contributed by atoms with Gasteiger partial charge in [-0.25, -0.2) is 4.79 Å². The number of carboxylic acids is 1. The van der Waals surface area contributed by atoms with Crippen molar-refractivity contribution >= 4 is 43.5 Å². The molecule has 0 aliphatic heterocycles. The van der Waals surface area contributed by atoms with Crippen molar-refractivity contribution in [3.63, 3.8) is 0 Å². The fraction of sp³-hybridized carbons (Fsp3) is 0.125. The number of phenolic OH excluding ortho intramolecular Hbond substituents is 1. The van der Waals surface area contributed by atoms with Crippen LogP contribution in [0.3, 0.4) is 0 Å². The van der Waals surface area contributed by atoms with Crippen molar-refractivity contribution in [3.05, 3.63) is 62.5 Å². The van der Waals surface area contributed by atoms with Crippen molar-refractivity contribution in [2.45, 2.75) is 13.0 Å². The zero-order valence-electron chi connectivity index (χ0n) is 11.9. The van der Waals surface area contributed by atoms with Gasteiger partial charge in [-0.2, -0.15) is 0 Å². The first-order valence-electron chi connectivity index (χ1n) is 6.60. The van der Waals surface area contributed by atoms with Crippen molar-refractivity contribution in [1.29, 1.82) is 0 Å². The fourth-order valence-corrected chi connectivity index (χ4v) is 3.10. The number of hydrogen-bond donors (Lipinski definition) is 2. The average Bonchev–Trinajstić information content (AvgIpc) is 2.52. The molecule has 2 N–H and O–H groups in total. The molecular weight excluding hydrogens is 430 g/mol. The smallest absolute Gasteiger partial charge is 0.354 e. The lowest BCUT2D eigenvalue weighted by Gasteiger charge is -2.07. The number of aromatic hydroxyl groups is 1. The summed E-state index contributed by atoms with van der Waals surface area (Å²) in [5, 5.41) is 22.6. The summed E-state index contributed by atoms with van der Waals surface area (Å²) < 4.78 is 0.939. The number of hydrogen-bond acceptors (Lipinski definition) is 4. The topological polar surface area (TPSA) is 79.1 Å². The quantitative estimate of drug-likeness (QED) is 0.521.